The minimum Gasteiger partial charge on any atom is -0.497 e. The summed E-state index contributed by atoms with van der Waals surface area (Å²) < 4.78 is 20.3. The van der Waals surface area contributed by atoms with E-state index in [-0.39, 0.29) is 11.9 Å². The molecule has 1 fully saturated rings. The molecule has 0 bridgehead atoms. The van der Waals surface area contributed by atoms with Crippen molar-refractivity contribution in [2.75, 3.05) is 32.6 Å². The number of aromatic amines is 1. The maximum Gasteiger partial charge on any atom is 0.254 e. The summed E-state index contributed by atoms with van der Waals surface area (Å²) in [5, 5.41) is 6.71. The van der Waals surface area contributed by atoms with Gasteiger partial charge in [-0.15, -0.1) is 0 Å². The summed E-state index contributed by atoms with van der Waals surface area (Å²) in [5.74, 6) is 0.561. The van der Waals surface area contributed by atoms with Gasteiger partial charge in [0.25, 0.3) is 5.91 Å². The monoisotopic (exact) mass is 411 g/mol. The van der Waals surface area contributed by atoms with Crippen LogP contribution in [0.2, 0.25) is 0 Å². The number of amides is 1. The lowest BCUT2D eigenvalue weighted by Gasteiger charge is -2.36. The van der Waals surface area contributed by atoms with E-state index in [4.69, 9.17) is 4.74 Å². The summed E-state index contributed by atoms with van der Waals surface area (Å²) in [5.41, 5.74) is 2.83. The zero-order valence-electron chi connectivity index (χ0n) is 17.1. The standard InChI is InChI=1S/C22H26FN5O2/c1-24-22(29)17-11-26-21-16(7-9-25-21)20(17)27-19-8-10-28(13-18(19)23)12-14-3-5-15(30-2)6-4-14/h3-7,9,11,18-19H,8,10,12-13H2,1-2H3,(H,24,29)(H2,25,26,27)/t18-,19+/m0/s1. The molecule has 1 amide bonds. The van der Waals surface area contributed by atoms with Gasteiger partial charge in [0.15, 0.2) is 0 Å². The van der Waals surface area contributed by atoms with Crippen molar-refractivity contribution < 1.29 is 13.9 Å². The first-order valence-electron chi connectivity index (χ1n) is 10.0. The fraction of sp³-hybridized carbons (Fsp3) is 0.364. The third-order valence-corrected chi connectivity index (χ3v) is 5.58. The summed E-state index contributed by atoms with van der Waals surface area (Å²) in [4.78, 5) is 21.8. The molecule has 8 heteroatoms. The number of fused-ring (bicyclic) bond motifs is 1. The normalized spacial score (nSPS) is 19.6. The number of carbonyl (C=O) groups excluding carboxylic acids is 1. The number of methoxy groups -OCH3 is 1. The highest BCUT2D eigenvalue weighted by Gasteiger charge is 2.30. The smallest absolute Gasteiger partial charge is 0.254 e. The van der Waals surface area contributed by atoms with Crippen LogP contribution in [-0.4, -0.2) is 60.2 Å². The van der Waals surface area contributed by atoms with E-state index in [1.54, 1.807) is 20.4 Å². The second kappa shape index (κ2) is 8.71. The average Bonchev–Trinajstić information content (AvgIpc) is 3.25. The number of nitrogens with zero attached hydrogens (tertiary/aromatic N) is 2. The molecular formula is C22H26FN5O2. The number of piperidine rings is 1. The van der Waals surface area contributed by atoms with Crippen molar-refractivity contribution in [3.05, 3.63) is 53.9 Å². The van der Waals surface area contributed by atoms with Gasteiger partial charge in [-0.2, -0.15) is 0 Å². The Morgan fingerprint density at radius 2 is 2.13 bits per heavy atom. The first-order chi connectivity index (χ1) is 14.6. The third-order valence-electron chi connectivity index (χ3n) is 5.58. The van der Waals surface area contributed by atoms with Crippen molar-refractivity contribution >= 4 is 22.6 Å². The van der Waals surface area contributed by atoms with Gasteiger partial charge in [0.05, 0.1) is 24.4 Å². The number of H-pyrrole nitrogens is 1. The van der Waals surface area contributed by atoms with Crippen LogP contribution in [0.3, 0.4) is 0 Å². The molecule has 0 spiro atoms. The van der Waals surface area contributed by atoms with Crippen molar-refractivity contribution in [2.45, 2.75) is 25.2 Å². The number of carbonyl (C=O) groups is 1. The van der Waals surface area contributed by atoms with Gasteiger partial charge in [-0.3, -0.25) is 9.69 Å². The van der Waals surface area contributed by atoms with Crippen LogP contribution in [0.1, 0.15) is 22.3 Å². The van der Waals surface area contributed by atoms with E-state index in [9.17, 15) is 4.79 Å². The molecule has 1 aliphatic heterocycles. The van der Waals surface area contributed by atoms with E-state index in [0.29, 0.717) is 36.4 Å². The Morgan fingerprint density at radius 1 is 1.33 bits per heavy atom. The first kappa shape index (κ1) is 20.2. The molecule has 2 aromatic heterocycles. The Hall–Kier alpha value is -3.13. The number of halogens is 1. The van der Waals surface area contributed by atoms with E-state index in [0.717, 1.165) is 23.2 Å². The Morgan fingerprint density at radius 3 is 2.83 bits per heavy atom. The van der Waals surface area contributed by atoms with Crippen molar-refractivity contribution in [1.29, 1.82) is 0 Å². The number of alkyl halides is 1. The molecule has 1 aromatic carbocycles. The van der Waals surface area contributed by atoms with E-state index in [2.05, 4.69) is 25.5 Å². The Kier molecular flexibility index (Phi) is 5.85. The zero-order valence-corrected chi connectivity index (χ0v) is 17.1. The Balaban J connectivity index is 1.46. The minimum atomic E-state index is -1.06. The van der Waals surface area contributed by atoms with E-state index >= 15 is 4.39 Å². The number of hydrogen-bond donors (Lipinski definition) is 3. The van der Waals surface area contributed by atoms with Gasteiger partial charge in [-0.05, 0) is 30.2 Å². The fourth-order valence-electron chi connectivity index (χ4n) is 3.92. The number of hydrogen-bond acceptors (Lipinski definition) is 5. The summed E-state index contributed by atoms with van der Waals surface area (Å²) in [6.45, 7) is 1.79. The van der Waals surface area contributed by atoms with Crippen molar-refractivity contribution in [2.24, 2.45) is 0 Å². The molecule has 3 N–H and O–H groups in total. The molecule has 1 aliphatic rings. The van der Waals surface area contributed by atoms with Crippen molar-refractivity contribution in [1.82, 2.24) is 20.2 Å². The molecule has 0 unspecified atom stereocenters. The Labute approximate surface area is 174 Å². The van der Waals surface area contributed by atoms with E-state index in [1.165, 1.54) is 6.20 Å². The molecule has 7 nitrogen and oxygen atoms in total. The van der Waals surface area contributed by atoms with Crippen molar-refractivity contribution in [3.8, 4) is 5.75 Å². The number of likely N-dealkylation sites (tertiary alicyclic amines) is 1. The van der Waals surface area contributed by atoms with E-state index in [1.807, 2.05) is 30.3 Å². The van der Waals surface area contributed by atoms with Gasteiger partial charge in [-0.25, -0.2) is 9.37 Å². The number of rotatable bonds is 6. The molecule has 1 saturated heterocycles. The summed E-state index contributed by atoms with van der Waals surface area (Å²) in [7, 11) is 3.21. The molecule has 0 radical (unpaired) electrons. The number of ether oxygens (including phenoxy) is 1. The Bertz CT molecular complexity index is 1020. The number of pyridine rings is 1. The van der Waals surface area contributed by atoms with E-state index < -0.39 is 6.17 Å². The summed E-state index contributed by atoms with van der Waals surface area (Å²) in [6, 6.07) is 9.33. The molecule has 2 atom stereocenters. The zero-order chi connectivity index (χ0) is 21.1. The van der Waals surface area contributed by atoms with Crippen LogP contribution in [0, 0.1) is 0 Å². The summed E-state index contributed by atoms with van der Waals surface area (Å²) >= 11 is 0. The minimum absolute atomic E-state index is 0.250. The van der Waals surface area contributed by atoms with Crippen LogP contribution >= 0.6 is 0 Å². The predicted octanol–water partition coefficient (Wildman–Crippen LogP) is 2.96. The largest absolute Gasteiger partial charge is 0.497 e. The lowest BCUT2D eigenvalue weighted by Crippen LogP contribution is -2.47. The number of nitrogens with one attached hydrogen (secondary N) is 3. The highest BCUT2D eigenvalue weighted by atomic mass is 19.1. The second-order valence-corrected chi connectivity index (χ2v) is 7.50. The van der Waals surface area contributed by atoms with Gasteiger partial charge < -0.3 is 20.4 Å². The molecule has 30 heavy (non-hydrogen) atoms. The fourth-order valence-corrected chi connectivity index (χ4v) is 3.92. The number of benzene rings is 1. The van der Waals surface area contributed by atoms with Crippen LogP contribution < -0.4 is 15.4 Å². The number of anilines is 1. The van der Waals surface area contributed by atoms with Gasteiger partial charge >= 0.3 is 0 Å². The van der Waals surface area contributed by atoms with Gasteiger partial charge in [0.1, 0.15) is 17.6 Å². The lowest BCUT2D eigenvalue weighted by atomic mass is 10.0. The quantitative estimate of drug-likeness (QED) is 0.581. The predicted molar refractivity (Wildman–Crippen MR) is 115 cm³/mol. The molecule has 3 aromatic rings. The average molecular weight is 411 g/mol. The molecular weight excluding hydrogens is 385 g/mol. The van der Waals surface area contributed by atoms with Crippen LogP contribution in [-0.2, 0) is 6.54 Å². The van der Waals surface area contributed by atoms with Crippen molar-refractivity contribution in [3.63, 3.8) is 0 Å². The summed E-state index contributed by atoms with van der Waals surface area (Å²) in [6.07, 6.45) is 2.86. The molecule has 3 heterocycles. The highest BCUT2D eigenvalue weighted by Crippen LogP contribution is 2.29. The lowest BCUT2D eigenvalue weighted by molar-refractivity contribution is 0.0962. The van der Waals surface area contributed by atoms with Crippen LogP contribution in [0.15, 0.2) is 42.7 Å². The topological polar surface area (TPSA) is 82.3 Å². The maximum absolute atomic E-state index is 15.1. The highest BCUT2D eigenvalue weighted by molar-refractivity contribution is 6.06. The van der Waals surface area contributed by atoms with Gasteiger partial charge in [0, 0.05) is 44.5 Å². The third kappa shape index (κ3) is 4.09. The maximum atomic E-state index is 15.1. The van der Waals surface area contributed by atoms with Crippen LogP contribution in [0.5, 0.6) is 5.75 Å². The van der Waals surface area contributed by atoms with Gasteiger partial charge in [0.2, 0.25) is 0 Å². The van der Waals surface area contributed by atoms with Crippen LogP contribution in [0.25, 0.3) is 11.0 Å². The second-order valence-electron chi connectivity index (χ2n) is 7.50. The number of aromatic nitrogens is 2. The van der Waals surface area contributed by atoms with Gasteiger partial charge in [-0.1, -0.05) is 12.1 Å². The first-order valence-corrected chi connectivity index (χ1v) is 10.0. The van der Waals surface area contributed by atoms with Crippen LogP contribution in [0.4, 0.5) is 10.1 Å². The molecule has 0 aliphatic carbocycles. The molecule has 158 valence electrons. The SMILES string of the molecule is CNC(=O)c1cnc2[nH]ccc2c1N[C@@H]1CCN(Cc2ccc(OC)cc2)C[C@@H]1F. The molecule has 0 saturated carbocycles. The molecule has 4 rings (SSSR count).